The molecular weight excluding hydrogens is 426 g/mol. The van der Waals surface area contributed by atoms with Crippen molar-refractivity contribution in [3.05, 3.63) is 34.3 Å². The molecule has 0 N–H and O–H groups in total. The van der Waals surface area contributed by atoms with Gasteiger partial charge >= 0.3 is 11.9 Å². The van der Waals surface area contributed by atoms with E-state index in [2.05, 4.69) is 20.9 Å². The van der Waals surface area contributed by atoms with E-state index in [1.165, 1.54) is 0 Å². The first kappa shape index (κ1) is 20.8. The zero-order valence-corrected chi connectivity index (χ0v) is 17.9. The Morgan fingerprint density at radius 1 is 1.11 bits per heavy atom. The summed E-state index contributed by atoms with van der Waals surface area (Å²) in [5, 5.41) is 0. The highest BCUT2D eigenvalue weighted by molar-refractivity contribution is 9.10. The van der Waals surface area contributed by atoms with Gasteiger partial charge in [0.15, 0.2) is 0 Å². The SMILES string of the molecule is CCOC(=O)[C@]1(COC(=O)C2(C)CCCCC2)COC(c2ccc(Br)cc2)=N1. The molecule has 0 radical (unpaired) electrons. The average Bonchev–Trinajstić information content (AvgIpc) is 3.13. The number of esters is 2. The van der Waals surface area contributed by atoms with Crippen molar-refractivity contribution in [3.63, 3.8) is 0 Å². The molecule has 1 aromatic rings. The Labute approximate surface area is 173 Å². The third kappa shape index (κ3) is 4.40. The van der Waals surface area contributed by atoms with Crippen LogP contribution in [0.25, 0.3) is 0 Å². The Kier molecular flexibility index (Phi) is 6.43. The molecule has 28 heavy (non-hydrogen) atoms. The fourth-order valence-corrected chi connectivity index (χ4v) is 3.85. The molecule has 1 atom stereocenters. The number of carbonyl (C=O) groups is 2. The Balaban J connectivity index is 1.78. The van der Waals surface area contributed by atoms with E-state index in [0.717, 1.165) is 42.1 Å². The molecule has 2 aliphatic rings. The summed E-state index contributed by atoms with van der Waals surface area (Å²) in [5.41, 5.74) is -1.11. The Morgan fingerprint density at radius 2 is 1.79 bits per heavy atom. The van der Waals surface area contributed by atoms with E-state index in [0.29, 0.717) is 5.90 Å². The fourth-order valence-electron chi connectivity index (χ4n) is 3.59. The van der Waals surface area contributed by atoms with Crippen molar-refractivity contribution < 1.29 is 23.8 Å². The van der Waals surface area contributed by atoms with Gasteiger partial charge in [0.1, 0.15) is 13.2 Å². The van der Waals surface area contributed by atoms with Gasteiger partial charge in [0.25, 0.3) is 0 Å². The van der Waals surface area contributed by atoms with Crippen LogP contribution < -0.4 is 0 Å². The van der Waals surface area contributed by atoms with Crippen LogP contribution in [0.4, 0.5) is 0 Å². The van der Waals surface area contributed by atoms with Crippen LogP contribution in [0.5, 0.6) is 0 Å². The fraction of sp³-hybridized carbons (Fsp3) is 0.571. The molecule has 7 heteroatoms. The lowest BCUT2D eigenvalue weighted by Gasteiger charge is -2.32. The first-order valence-corrected chi connectivity index (χ1v) is 10.5. The van der Waals surface area contributed by atoms with Gasteiger partial charge in [0.2, 0.25) is 11.4 Å². The van der Waals surface area contributed by atoms with Gasteiger partial charge in [-0.05, 0) is 51.0 Å². The minimum absolute atomic E-state index is 0.0127. The number of halogens is 1. The van der Waals surface area contributed by atoms with Crippen LogP contribution >= 0.6 is 15.9 Å². The third-order valence-corrected chi connectivity index (χ3v) is 5.93. The Bertz CT molecular complexity index is 755. The lowest BCUT2D eigenvalue weighted by atomic mass is 9.76. The number of hydrogen-bond donors (Lipinski definition) is 0. The smallest absolute Gasteiger partial charge is 0.341 e. The van der Waals surface area contributed by atoms with Crippen molar-refractivity contribution >= 4 is 33.8 Å². The van der Waals surface area contributed by atoms with Gasteiger partial charge in [-0.15, -0.1) is 0 Å². The monoisotopic (exact) mass is 451 g/mol. The molecule has 0 aromatic heterocycles. The quantitative estimate of drug-likeness (QED) is 0.610. The van der Waals surface area contributed by atoms with E-state index in [-0.39, 0.29) is 25.8 Å². The second kappa shape index (κ2) is 8.64. The number of aliphatic imine (C=N–C) groups is 1. The van der Waals surface area contributed by atoms with Crippen molar-refractivity contribution in [2.24, 2.45) is 10.4 Å². The first-order valence-electron chi connectivity index (χ1n) is 9.72. The summed E-state index contributed by atoms with van der Waals surface area (Å²) < 4.78 is 17.5. The number of nitrogens with zero attached hydrogens (tertiary/aromatic N) is 1. The van der Waals surface area contributed by atoms with Crippen molar-refractivity contribution in [1.82, 2.24) is 0 Å². The number of benzene rings is 1. The summed E-state index contributed by atoms with van der Waals surface area (Å²) in [6.45, 7) is 3.69. The molecule has 1 aromatic carbocycles. The topological polar surface area (TPSA) is 74.2 Å². The molecule has 0 spiro atoms. The zero-order chi connectivity index (χ0) is 20.2. The molecule has 152 valence electrons. The molecule has 6 nitrogen and oxygen atoms in total. The lowest BCUT2D eigenvalue weighted by Crippen LogP contribution is -2.46. The highest BCUT2D eigenvalue weighted by Crippen LogP contribution is 2.37. The number of ether oxygens (including phenoxy) is 3. The molecule has 1 aliphatic carbocycles. The first-order chi connectivity index (χ1) is 13.4. The van der Waals surface area contributed by atoms with Crippen LogP contribution in [0, 0.1) is 5.41 Å². The normalized spacial score (nSPS) is 23.5. The van der Waals surface area contributed by atoms with Crippen molar-refractivity contribution in [2.45, 2.75) is 51.5 Å². The summed E-state index contributed by atoms with van der Waals surface area (Å²) in [6.07, 6.45) is 4.79. The second-order valence-corrected chi connectivity index (χ2v) is 8.58. The maximum absolute atomic E-state index is 12.7. The highest BCUT2D eigenvalue weighted by atomic mass is 79.9. The predicted octanol–water partition coefficient (Wildman–Crippen LogP) is 4.04. The van der Waals surface area contributed by atoms with Gasteiger partial charge in [0, 0.05) is 10.0 Å². The van der Waals surface area contributed by atoms with Gasteiger partial charge < -0.3 is 14.2 Å². The molecule has 3 rings (SSSR count). The molecular formula is C21H26BrNO5. The largest absolute Gasteiger partial charge is 0.474 e. The van der Waals surface area contributed by atoms with Crippen LogP contribution in [0.15, 0.2) is 33.7 Å². The molecule has 0 amide bonds. The van der Waals surface area contributed by atoms with Crippen LogP contribution in [0.2, 0.25) is 0 Å². The van der Waals surface area contributed by atoms with E-state index in [9.17, 15) is 9.59 Å². The lowest BCUT2D eigenvalue weighted by molar-refractivity contribution is -0.164. The average molecular weight is 452 g/mol. The minimum Gasteiger partial charge on any atom is -0.474 e. The predicted molar refractivity (Wildman–Crippen MR) is 108 cm³/mol. The Hall–Kier alpha value is -1.89. The summed E-state index contributed by atoms with van der Waals surface area (Å²) in [4.78, 5) is 29.9. The van der Waals surface area contributed by atoms with Crippen LogP contribution in [0.1, 0.15) is 51.5 Å². The van der Waals surface area contributed by atoms with Gasteiger partial charge in [-0.3, -0.25) is 4.79 Å². The maximum Gasteiger partial charge on any atom is 0.341 e. The van der Waals surface area contributed by atoms with E-state index >= 15 is 0 Å². The van der Waals surface area contributed by atoms with Crippen molar-refractivity contribution in [3.8, 4) is 0 Å². The molecule has 0 bridgehead atoms. The molecule has 0 saturated heterocycles. The van der Waals surface area contributed by atoms with E-state index in [4.69, 9.17) is 14.2 Å². The van der Waals surface area contributed by atoms with Gasteiger partial charge in [0.05, 0.1) is 12.0 Å². The Morgan fingerprint density at radius 3 is 2.43 bits per heavy atom. The van der Waals surface area contributed by atoms with Gasteiger partial charge in [-0.2, -0.15) is 0 Å². The summed E-state index contributed by atoms with van der Waals surface area (Å²) in [5.74, 6) is -0.465. The molecule has 1 aliphatic heterocycles. The van der Waals surface area contributed by atoms with Crippen molar-refractivity contribution in [2.75, 3.05) is 19.8 Å². The van der Waals surface area contributed by atoms with Crippen molar-refractivity contribution in [1.29, 1.82) is 0 Å². The van der Waals surface area contributed by atoms with Crippen LogP contribution in [-0.2, 0) is 23.8 Å². The summed E-state index contributed by atoms with van der Waals surface area (Å²) in [7, 11) is 0. The maximum atomic E-state index is 12.7. The number of hydrogen-bond acceptors (Lipinski definition) is 6. The molecule has 0 unspecified atom stereocenters. The van der Waals surface area contributed by atoms with Crippen LogP contribution in [-0.4, -0.2) is 43.2 Å². The third-order valence-electron chi connectivity index (χ3n) is 5.40. The van der Waals surface area contributed by atoms with E-state index in [1.807, 2.05) is 31.2 Å². The van der Waals surface area contributed by atoms with Gasteiger partial charge in [-0.25, -0.2) is 9.79 Å². The zero-order valence-electron chi connectivity index (χ0n) is 16.3. The summed E-state index contributed by atoms with van der Waals surface area (Å²) >= 11 is 3.39. The standard InChI is InChI=1S/C21H26BrNO5/c1-3-26-19(25)21(14-28-18(24)20(2)11-5-4-6-12-20)13-27-17(23-21)15-7-9-16(22)10-8-15/h7-10H,3-6,11-14H2,1-2H3/t21-/m1/s1. The molecule has 1 heterocycles. The van der Waals surface area contributed by atoms with E-state index in [1.54, 1.807) is 6.92 Å². The summed E-state index contributed by atoms with van der Waals surface area (Å²) in [6, 6.07) is 7.43. The molecule has 1 fully saturated rings. The van der Waals surface area contributed by atoms with E-state index < -0.39 is 16.9 Å². The molecule has 1 saturated carbocycles. The highest BCUT2D eigenvalue weighted by Gasteiger charge is 2.48. The van der Waals surface area contributed by atoms with Gasteiger partial charge in [-0.1, -0.05) is 35.2 Å². The minimum atomic E-state index is -1.36. The number of carbonyl (C=O) groups excluding carboxylic acids is 2. The van der Waals surface area contributed by atoms with Crippen LogP contribution in [0.3, 0.4) is 0 Å². The number of rotatable bonds is 6. The second-order valence-electron chi connectivity index (χ2n) is 7.66.